The van der Waals surface area contributed by atoms with Gasteiger partial charge in [0.1, 0.15) is 0 Å². The first-order valence-corrected chi connectivity index (χ1v) is 10.8. The molecule has 1 unspecified atom stereocenters. The summed E-state index contributed by atoms with van der Waals surface area (Å²) in [4.78, 5) is 24.9. The van der Waals surface area contributed by atoms with Crippen LogP contribution in [0.15, 0.2) is 24.3 Å². The van der Waals surface area contributed by atoms with Crippen molar-refractivity contribution in [2.45, 2.75) is 57.7 Å². The summed E-state index contributed by atoms with van der Waals surface area (Å²) < 4.78 is 23.1. The normalized spacial score (nSPS) is 52.9. The smallest absolute Gasteiger partial charge is 0.342 e. The summed E-state index contributed by atoms with van der Waals surface area (Å²) in [6.07, 6.45) is 7.45. The van der Waals surface area contributed by atoms with Crippen molar-refractivity contribution in [1.82, 2.24) is 0 Å². The molecule has 2 bridgehead atoms. The Morgan fingerprint density at radius 2 is 2.03 bits per heavy atom. The van der Waals surface area contributed by atoms with Crippen LogP contribution in [0.3, 0.4) is 0 Å². The number of fused-ring (bicyclic) bond motifs is 2. The molecule has 1 N–H and O–H groups in total. The summed E-state index contributed by atoms with van der Waals surface area (Å²) in [7, 11) is 1.32. The van der Waals surface area contributed by atoms with Crippen LogP contribution in [0.2, 0.25) is 0 Å². The van der Waals surface area contributed by atoms with Gasteiger partial charge in [-0.25, -0.2) is 4.79 Å². The number of hydrogen-bond acceptors (Lipinski definition) is 7. The van der Waals surface area contributed by atoms with E-state index in [1.54, 1.807) is 6.08 Å². The number of carbonyl (C=O) groups excluding carboxylic acids is 2. The average Bonchev–Trinajstić information content (AvgIpc) is 2.92. The molecule has 2 aliphatic heterocycles. The molecule has 0 amide bonds. The van der Waals surface area contributed by atoms with E-state index in [1.165, 1.54) is 14.0 Å². The molecular weight excluding hydrogens is 388 g/mol. The molecule has 164 valence electrons. The van der Waals surface area contributed by atoms with Gasteiger partial charge < -0.3 is 24.1 Å². The van der Waals surface area contributed by atoms with Gasteiger partial charge in [-0.15, -0.1) is 0 Å². The zero-order valence-electron chi connectivity index (χ0n) is 17.9. The Balaban J connectivity index is 1.71. The van der Waals surface area contributed by atoms with Gasteiger partial charge in [0.05, 0.1) is 25.7 Å². The quantitative estimate of drug-likeness (QED) is 0.542. The van der Waals surface area contributed by atoms with E-state index in [1.807, 2.05) is 0 Å². The summed E-state index contributed by atoms with van der Waals surface area (Å²) in [6, 6.07) is 0. The molecule has 2 heterocycles. The molecule has 1 spiro atoms. The second-order valence-corrected chi connectivity index (χ2v) is 9.93. The highest BCUT2D eigenvalue weighted by Gasteiger charge is 2.78. The van der Waals surface area contributed by atoms with Gasteiger partial charge in [0.25, 0.3) is 0 Å². The first-order chi connectivity index (χ1) is 14.2. The topological polar surface area (TPSA) is 91.3 Å². The Kier molecular flexibility index (Phi) is 4.32. The van der Waals surface area contributed by atoms with Gasteiger partial charge in [0.2, 0.25) is 0 Å². The van der Waals surface area contributed by atoms with E-state index in [9.17, 15) is 14.7 Å². The molecule has 3 fully saturated rings. The molecule has 3 aliphatic carbocycles. The Morgan fingerprint density at radius 1 is 1.27 bits per heavy atom. The van der Waals surface area contributed by atoms with E-state index in [0.717, 1.165) is 12.8 Å². The first kappa shape index (κ1) is 20.2. The number of aliphatic hydroxyl groups excluding tert-OH is 1. The van der Waals surface area contributed by atoms with E-state index in [-0.39, 0.29) is 17.4 Å². The van der Waals surface area contributed by atoms with Crippen molar-refractivity contribution >= 4 is 11.9 Å². The van der Waals surface area contributed by atoms with E-state index < -0.39 is 41.3 Å². The van der Waals surface area contributed by atoms with E-state index in [0.29, 0.717) is 18.4 Å². The van der Waals surface area contributed by atoms with Crippen molar-refractivity contribution in [2.24, 2.45) is 34.5 Å². The number of aliphatic hydroxyl groups is 1. The summed E-state index contributed by atoms with van der Waals surface area (Å²) in [5, 5.41) is 10.9. The minimum Gasteiger partial charge on any atom is -0.467 e. The number of esters is 2. The Morgan fingerprint density at radius 3 is 2.73 bits per heavy atom. The van der Waals surface area contributed by atoms with Gasteiger partial charge in [-0.2, -0.15) is 0 Å². The van der Waals surface area contributed by atoms with Crippen molar-refractivity contribution in [2.75, 3.05) is 13.7 Å². The Hall–Kier alpha value is -1.70. The number of allylic oxidation sites excluding steroid dienone is 3. The molecule has 1 saturated carbocycles. The van der Waals surface area contributed by atoms with Crippen LogP contribution in [0.25, 0.3) is 0 Å². The van der Waals surface area contributed by atoms with Crippen LogP contribution in [0.5, 0.6) is 0 Å². The average molecular weight is 418 g/mol. The Bertz CT molecular complexity index is 835. The standard InChI is InChI=1S/C23H30O7/c1-12-6-5-8-21(3)14(12)10-16-22-11-28-23(20(26)27-4,9-7-15(21)22)18(22)17(19(25)30-16)29-13(2)24/h5-7,9,12,14-19,25H,8,10-11H2,1-4H3/t12-,14+,15-,16-,17-,18-,19?,21+,22+,23-/m1/s1. The third-order valence-corrected chi connectivity index (χ3v) is 8.69. The predicted octanol–water partition coefficient (Wildman–Crippen LogP) is 1.99. The zero-order valence-corrected chi connectivity index (χ0v) is 17.9. The lowest BCUT2D eigenvalue weighted by atomic mass is 9.40. The first-order valence-electron chi connectivity index (χ1n) is 10.8. The second-order valence-electron chi connectivity index (χ2n) is 9.93. The van der Waals surface area contributed by atoms with E-state index in [2.05, 4.69) is 32.1 Å². The zero-order chi connectivity index (χ0) is 21.5. The van der Waals surface area contributed by atoms with Gasteiger partial charge in [-0.05, 0) is 42.1 Å². The molecule has 0 aromatic carbocycles. The summed E-state index contributed by atoms with van der Waals surface area (Å²) >= 11 is 0. The van der Waals surface area contributed by atoms with Crippen LogP contribution >= 0.6 is 0 Å². The van der Waals surface area contributed by atoms with Crippen LogP contribution in [0.4, 0.5) is 0 Å². The molecule has 0 radical (unpaired) electrons. The number of ether oxygens (including phenoxy) is 4. The molecule has 7 heteroatoms. The van der Waals surface area contributed by atoms with E-state index >= 15 is 0 Å². The lowest BCUT2D eigenvalue weighted by Gasteiger charge is -2.65. The van der Waals surface area contributed by atoms with Crippen LogP contribution < -0.4 is 0 Å². The molecule has 5 rings (SSSR count). The fourth-order valence-electron chi connectivity index (χ4n) is 7.59. The largest absolute Gasteiger partial charge is 0.467 e. The number of rotatable bonds is 2. The van der Waals surface area contributed by atoms with Crippen LogP contribution in [0, 0.1) is 34.5 Å². The third-order valence-electron chi connectivity index (χ3n) is 8.69. The maximum Gasteiger partial charge on any atom is 0.342 e. The summed E-state index contributed by atoms with van der Waals surface area (Å²) in [5.74, 6) is -0.835. The van der Waals surface area contributed by atoms with Gasteiger partial charge in [0, 0.05) is 12.3 Å². The third kappa shape index (κ3) is 2.26. The van der Waals surface area contributed by atoms with Crippen molar-refractivity contribution in [3.63, 3.8) is 0 Å². The molecule has 0 aromatic rings. The van der Waals surface area contributed by atoms with Crippen molar-refractivity contribution in [1.29, 1.82) is 0 Å². The monoisotopic (exact) mass is 418 g/mol. The Labute approximate surface area is 176 Å². The van der Waals surface area contributed by atoms with E-state index in [4.69, 9.17) is 18.9 Å². The highest BCUT2D eigenvalue weighted by Crippen LogP contribution is 2.71. The van der Waals surface area contributed by atoms with Crippen molar-refractivity contribution in [3.8, 4) is 0 Å². The van der Waals surface area contributed by atoms with Crippen LogP contribution in [-0.2, 0) is 28.5 Å². The summed E-state index contributed by atoms with van der Waals surface area (Å²) in [6.45, 7) is 6.13. The fraction of sp³-hybridized carbons (Fsp3) is 0.739. The lowest BCUT2D eigenvalue weighted by Crippen LogP contribution is -2.72. The van der Waals surface area contributed by atoms with Gasteiger partial charge in [0.15, 0.2) is 18.0 Å². The van der Waals surface area contributed by atoms with Crippen molar-refractivity contribution in [3.05, 3.63) is 24.3 Å². The minimum absolute atomic E-state index is 0.0528. The molecule has 10 atom stereocenters. The molecule has 2 saturated heterocycles. The molecule has 5 aliphatic rings. The number of methoxy groups -OCH3 is 1. The molecular formula is C23H30O7. The predicted molar refractivity (Wildman–Crippen MR) is 105 cm³/mol. The van der Waals surface area contributed by atoms with Gasteiger partial charge in [-0.1, -0.05) is 32.1 Å². The van der Waals surface area contributed by atoms with Crippen LogP contribution in [-0.4, -0.2) is 54.9 Å². The number of hydrogen-bond donors (Lipinski definition) is 1. The lowest BCUT2D eigenvalue weighted by molar-refractivity contribution is -0.316. The SMILES string of the molecule is COC(=O)[C@@]12C=C[C@@H]3[C@@]4(C)CC=C[C@@H](C)[C@@H]4C[C@H]4OC(O)[C@H](OC(C)=O)[C@@H]1[C@@]34CO2. The number of carbonyl (C=O) groups is 2. The van der Waals surface area contributed by atoms with Crippen molar-refractivity contribution < 1.29 is 33.6 Å². The molecule has 7 nitrogen and oxygen atoms in total. The highest BCUT2D eigenvalue weighted by molar-refractivity contribution is 5.84. The fourth-order valence-corrected chi connectivity index (χ4v) is 7.59. The maximum absolute atomic E-state index is 13.0. The van der Waals surface area contributed by atoms with Gasteiger partial charge >= 0.3 is 11.9 Å². The summed E-state index contributed by atoms with van der Waals surface area (Å²) in [5.41, 5.74) is -2.03. The molecule has 0 aromatic heterocycles. The second kappa shape index (κ2) is 6.40. The minimum atomic E-state index is -1.40. The maximum atomic E-state index is 13.0. The van der Waals surface area contributed by atoms with Crippen LogP contribution in [0.1, 0.15) is 33.6 Å². The van der Waals surface area contributed by atoms with Gasteiger partial charge in [-0.3, -0.25) is 4.79 Å². The molecule has 30 heavy (non-hydrogen) atoms. The highest BCUT2D eigenvalue weighted by atomic mass is 16.7.